The van der Waals surface area contributed by atoms with Crippen molar-refractivity contribution in [3.8, 4) is 0 Å². The predicted molar refractivity (Wildman–Crippen MR) is 143 cm³/mol. The number of halogens is 2. The Bertz CT molecular complexity index is 1330. The second kappa shape index (κ2) is 10.9. The number of nitrogens with one attached hydrogen (secondary N) is 1. The Morgan fingerprint density at radius 2 is 2.08 bits per heavy atom. The number of benzene rings is 1. The topological polar surface area (TPSA) is 93.8 Å². The van der Waals surface area contributed by atoms with Gasteiger partial charge in [-0.3, -0.25) is 15.1 Å². The SMILES string of the molecule is CCOC(=O)C1=C(CC2CCCCN3C(=O)CC[C@@H]3C2)[C@@H]2NC2C(c2nccs2)=N[C@H]1c1ccc(F)c(F)c1. The maximum Gasteiger partial charge on any atom is 0.336 e. The van der Waals surface area contributed by atoms with E-state index in [-0.39, 0.29) is 36.6 Å². The lowest BCUT2D eigenvalue weighted by Gasteiger charge is -2.32. The number of aliphatic imine (C=N–C) groups is 1. The number of hydrogen-bond donors (Lipinski definition) is 1. The monoisotopic (exact) mass is 554 g/mol. The minimum Gasteiger partial charge on any atom is -0.463 e. The molecule has 1 N–H and O–H groups in total. The molecular weight excluding hydrogens is 522 g/mol. The minimum absolute atomic E-state index is 0.117. The Kier molecular flexibility index (Phi) is 7.33. The first-order valence-corrected chi connectivity index (χ1v) is 14.7. The molecule has 39 heavy (non-hydrogen) atoms. The fourth-order valence-corrected chi connectivity index (χ4v) is 7.19. The van der Waals surface area contributed by atoms with Gasteiger partial charge >= 0.3 is 5.97 Å². The largest absolute Gasteiger partial charge is 0.463 e. The average Bonchev–Trinajstić information content (AvgIpc) is 3.38. The van der Waals surface area contributed by atoms with E-state index in [2.05, 4.69) is 10.3 Å². The molecule has 206 valence electrons. The Labute approximate surface area is 230 Å². The zero-order valence-electron chi connectivity index (χ0n) is 21.9. The van der Waals surface area contributed by atoms with E-state index in [1.165, 1.54) is 17.4 Å². The summed E-state index contributed by atoms with van der Waals surface area (Å²) in [6, 6.07) is 2.84. The normalized spacial score (nSPS) is 28.7. The molecule has 5 atom stereocenters. The molecule has 0 saturated carbocycles. The third-order valence-electron chi connectivity index (χ3n) is 8.38. The number of thiazole rings is 1. The summed E-state index contributed by atoms with van der Waals surface area (Å²) >= 11 is 1.46. The molecule has 6 rings (SSSR count). The summed E-state index contributed by atoms with van der Waals surface area (Å²) in [6.07, 6.45) is 7.72. The molecule has 5 heterocycles. The van der Waals surface area contributed by atoms with Crippen LogP contribution in [0.25, 0.3) is 0 Å². The van der Waals surface area contributed by atoms with Gasteiger partial charge in [0, 0.05) is 30.6 Å². The average molecular weight is 555 g/mol. The van der Waals surface area contributed by atoms with Crippen LogP contribution >= 0.6 is 11.3 Å². The van der Waals surface area contributed by atoms with E-state index in [9.17, 15) is 18.4 Å². The quantitative estimate of drug-likeness (QED) is 0.411. The van der Waals surface area contributed by atoms with Crippen LogP contribution in [0.4, 0.5) is 8.78 Å². The fourth-order valence-electron chi connectivity index (χ4n) is 6.51. The molecule has 4 aliphatic heterocycles. The molecule has 1 aromatic carbocycles. The van der Waals surface area contributed by atoms with E-state index < -0.39 is 23.6 Å². The molecule has 4 aliphatic rings. The number of fused-ring (bicyclic) bond motifs is 2. The van der Waals surface area contributed by atoms with Crippen LogP contribution in [-0.4, -0.2) is 58.7 Å². The van der Waals surface area contributed by atoms with Crippen LogP contribution in [0.5, 0.6) is 0 Å². The van der Waals surface area contributed by atoms with Crippen molar-refractivity contribution in [3.63, 3.8) is 0 Å². The number of rotatable bonds is 6. The van der Waals surface area contributed by atoms with E-state index in [1.807, 2.05) is 10.3 Å². The lowest BCUT2D eigenvalue weighted by atomic mass is 9.82. The van der Waals surface area contributed by atoms with E-state index in [1.54, 1.807) is 13.1 Å². The molecule has 2 aromatic rings. The van der Waals surface area contributed by atoms with Crippen LogP contribution in [0.15, 0.2) is 45.9 Å². The first kappa shape index (κ1) is 26.3. The number of aromatic nitrogens is 1. The first-order chi connectivity index (χ1) is 18.9. The van der Waals surface area contributed by atoms with Crippen molar-refractivity contribution >= 4 is 28.9 Å². The highest BCUT2D eigenvalue weighted by atomic mass is 32.1. The van der Waals surface area contributed by atoms with Crippen LogP contribution in [0.1, 0.15) is 68.5 Å². The Balaban J connectivity index is 1.43. The van der Waals surface area contributed by atoms with Crippen LogP contribution < -0.4 is 5.32 Å². The molecule has 0 aliphatic carbocycles. The number of nitrogens with zero attached hydrogens (tertiary/aromatic N) is 3. The van der Waals surface area contributed by atoms with Gasteiger partial charge in [0.05, 0.1) is 30.0 Å². The van der Waals surface area contributed by atoms with Crippen LogP contribution in [0.3, 0.4) is 0 Å². The van der Waals surface area contributed by atoms with Gasteiger partial charge in [0.15, 0.2) is 11.6 Å². The van der Waals surface area contributed by atoms with Gasteiger partial charge in [-0.05, 0) is 68.2 Å². The van der Waals surface area contributed by atoms with Crippen molar-refractivity contribution in [1.29, 1.82) is 0 Å². The number of carbonyl (C=O) groups is 2. The van der Waals surface area contributed by atoms with Crippen molar-refractivity contribution in [1.82, 2.24) is 15.2 Å². The fraction of sp³-hybridized carbons (Fsp3) is 0.517. The number of ether oxygens (including phenoxy) is 1. The molecule has 3 fully saturated rings. The van der Waals surface area contributed by atoms with Crippen molar-refractivity contribution in [3.05, 3.63) is 63.1 Å². The molecule has 7 nitrogen and oxygen atoms in total. The van der Waals surface area contributed by atoms with Gasteiger partial charge in [0.2, 0.25) is 5.91 Å². The summed E-state index contributed by atoms with van der Waals surface area (Å²) < 4.78 is 33.9. The molecule has 0 spiro atoms. The van der Waals surface area contributed by atoms with Crippen molar-refractivity contribution in [2.75, 3.05) is 13.2 Å². The highest BCUT2D eigenvalue weighted by Crippen LogP contribution is 2.44. The van der Waals surface area contributed by atoms with E-state index in [0.717, 1.165) is 61.4 Å². The zero-order chi connectivity index (χ0) is 27.1. The molecular formula is C29H32F2N4O3S. The third kappa shape index (κ3) is 5.16. The maximum absolute atomic E-state index is 14.5. The number of hydrogen-bond acceptors (Lipinski definition) is 7. The van der Waals surface area contributed by atoms with E-state index in [4.69, 9.17) is 9.73 Å². The van der Waals surface area contributed by atoms with Gasteiger partial charge in [-0.25, -0.2) is 18.6 Å². The van der Waals surface area contributed by atoms with Gasteiger partial charge in [-0.15, -0.1) is 11.3 Å². The van der Waals surface area contributed by atoms with Crippen molar-refractivity contribution in [2.45, 2.75) is 76.0 Å². The van der Waals surface area contributed by atoms with Gasteiger partial charge < -0.3 is 9.64 Å². The molecule has 1 aromatic heterocycles. The summed E-state index contributed by atoms with van der Waals surface area (Å²) in [6.45, 7) is 2.76. The number of carbonyl (C=O) groups excluding carboxylic acids is 2. The predicted octanol–water partition coefficient (Wildman–Crippen LogP) is 4.74. The maximum atomic E-state index is 14.5. The van der Waals surface area contributed by atoms with Crippen LogP contribution in [0.2, 0.25) is 0 Å². The minimum atomic E-state index is -0.984. The molecule has 3 saturated heterocycles. The van der Waals surface area contributed by atoms with E-state index >= 15 is 0 Å². The summed E-state index contributed by atoms with van der Waals surface area (Å²) in [4.78, 5) is 37.6. The first-order valence-electron chi connectivity index (χ1n) is 13.8. The summed E-state index contributed by atoms with van der Waals surface area (Å²) in [5.74, 6) is -1.90. The standard InChI is InChI=1S/C29H32F2N4O3S/c1-2-38-29(37)23-19(14-16-5-3-4-11-35-18(13-16)7-9-22(35)36)25-26(34-25)27(28-32-10-12-39-28)33-24(23)17-6-8-20(30)21(31)15-17/h6,8,10,12,15-16,18,24-26,34H,2-5,7,9,11,13-14H2,1H3/t16?,18-,24+,25+,26?/m1/s1. The summed E-state index contributed by atoms with van der Waals surface area (Å²) in [5, 5.41) is 6.13. The van der Waals surface area contributed by atoms with Gasteiger partial charge in [0.1, 0.15) is 11.0 Å². The van der Waals surface area contributed by atoms with Gasteiger partial charge in [-0.2, -0.15) is 0 Å². The molecule has 1 amide bonds. The van der Waals surface area contributed by atoms with Crippen LogP contribution in [-0.2, 0) is 14.3 Å². The highest BCUT2D eigenvalue weighted by molar-refractivity contribution is 7.11. The Morgan fingerprint density at radius 1 is 1.21 bits per heavy atom. The molecule has 2 unspecified atom stereocenters. The smallest absolute Gasteiger partial charge is 0.336 e. The molecule has 0 bridgehead atoms. The second-order valence-electron chi connectivity index (χ2n) is 10.8. The van der Waals surface area contributed by atoms with Gasteiger partial charge in [0.25, 0.3) is 0 Å². The number of amides is 1. The summed E-state index contributed by atoms with van der Waals surface area (Å²) in [7, 11) is 0. The molecule has 0 radical (unpaired) electrons. The summed E-state index contributed by atoms with van der Waals surface area (Å²) in [5.41, 5.74) is 2.43. The zero-order valence-corrected chi connectivity index (χ0v) is 22.7. The lowest BCUT2D eigenvalue weighted by molar-refractivity contribution is -0.139. The Morgan fingerprint density at radius 3 is 2.85 bits per heavy atom. The highest BCUT2D eigenvalue weighted by Gasteiger charge is 2.50. The number of esters is 1. The van der Waals surface area contributed by atoms with Gasteiger partial charge in [-0.1, -0.05) is 12.5 Å². The van der Waals surface area contributed by atoms with Crippen molar-refractivity contribution in [2.24, 2.45) is 10.9 Å². The lowest BCUT2D eigenvalue weighted by Crippen LogP contribution is -2.36. The second-order valence-corrected chi connectivity index (χ2v) is 11.7. The Hall–Kier alpha value is -2.98. The van der Waals surface area contributed by atoms with E-state index in [0.29, 0.717) is 29.7 Å². The van der Waals surface area contributed by atoms with Crippen molar-refractivity contribution < 1.29 is 23.1 Å². The van der Waals surface area contributed by atoms with Crippen LogP contribution in [0, 0.1) is 17.6 Å². The third-order valence-corrected chi connectivity index (χ3v) is 9.17. The molecule has 10 heteroatoms.